The summed E-state index contributed by atoms with van der Waals surface area (Å²) in [6, 6.07) is 18.9. The van der Waals surface area contributed by atoms with Gasteiger partial charge in [-0.05, 0) is 11.1 Å². The number of allylic oxidation sites excluding steroid dienone is 2. The van der Waals surface area contributed by atoms with E-state index in [-0.39, 0.29) is 11.8 Å². The Balaban J connectivity index is 2.10. The van der Waals surface area contributed by atoms with Gasteiger partial charge in [0.2, 0.25) is 0 Å². The topological polar surface area (TPSA) is 63.6 Å². The van der Waals surface area contributed by atoms with Crippen LogP contribution in [0, 0.1) is 11.8 Å². The summed E-state index contributed by atoms with van der Waals surface area (Å²) < 4.78 is 4.97. The second kappa shape index (κ2) is 7.34. The lowest BCUT2D eigenvalue weighted by atomic mass is 9.66. The van der Waals surface area contributed by atoms with E-state index in [1.54, 1.807) is 0 Å². The number of carbonyl (C=O) groups excluding carboxylic acids is 1. The Labute approximate surface area is 146 Å². The van der Waals surface area contributed by atoms with E-state index < -0.39 is 23.8 Å². The number of carboxylic acids is 1. The van der Waals surface area contributed by atoms with E-state index in [2.05, 4.69) is 0 Å². The number of ether oxygens (including phenoxy) is 1. The van der Waals surface area contributed by atoms with Crippen molar-refractivity contribution >= 4 is 11.9 Å². The molecule has 1 aliphatic rings. The van der Waals surface area contributed by atoms with Crippen molar-refractivity contribution < 1.29 is 19.4 Å². The van der Waals surface area contributed by atoms with Crippen molar-refractivity contribution in [2.24, 2.45) is 11.8 Å². The van der Waals surface area contributed by atoms with Gasteiger partial charge in [0, 0.05) is 11.8 Å². The third-order valence-corrected chi connectivity index (χ3v) is 4.81. The summed E-state index contributed by atoms with van der Waals surface area (Å²) in [6.45, 7) is 0. The van der Waals surface area contributed by atoms with Gasteiger partial charge in [-0.2, -0.15) is 0 Å². The van der Waals surface area contributed by atoms with Gasteiger partial charge in [0.15, 0.2) is 0 Å². The van der Waals surface area contributed by atoms with Crippen LogP contribution in [0.15, 0.2) is 72.8 Å². The van der Waals surface area contributed by atoms with Crippen LogP contribution >= 0.6 is 0 Å². The highest BCUT2D eigenvalue weighted by Crippen LogP contribution is 2.44. The molecule has 0 heterocycles. The standard InChI is InChI=1S/C21H20O4/c1-25-21(24)19-17(15-10-6-3-7-11-15)13-12-16(18(19)20(22)23)14-8-4-2-5-9-14/h2-13,16-19H,1H3,(H,22,23)/t16-,17-,18+,19-/m1/s1. The Kier molecular flexibility index (Phi) is 4.98. The third kappa shape index (κ3) is 3.33. The largest absolute Gasteiger partial charge is 0.481 e. The molecule has 0 saturated carbocycles. The molecule has 0 radical (unpaired) electrons. The summed E-state index contributed by atoms with van der Waals surface area (Å²) >= 11 is 0. The molecule has 0 amide bonds. The SMILES string of the molecule is COC(=O)[C@H]1[C@@H](C(=O)O)[C@@H](c2ccccc2)C=C[C@@H]1c1ccccc1. The lowest BCUT2D eigenvalue weighted by Crippen LogP contribution is -2.40. The van der Waals surface area contributed by atoms with E-state index in [0.29, 0.717) is 0 Å². The van der Waals surface area contributed by atoms with Gasteiger partial charge in [-0.3, -0.25) is 9.59 Å². The Hall–Kier alpha value is -2.88. The minimum absolute atomic E-state index is 0.324. The highest BCUT2D eigenvalue weighted by molar-refractivity contribution is 5.84. The first-order valence-electron chi connectivity index (χ1n) is 8.22. The Morgan fingerprint density at radius 2 is 1.24 bits per heavy atom. The maximum absolute atomic E-state index is 12.5. The van der Waals surface area contributed by atoms with Gasteiger partial charge in [0.25, 0.3) is 0 Å². The number of carboxylic acid groups (broad SMARTS) is 1. The fraction of sp³-hybridized carbons (Fsp3) is 0.238. The molecule has 0 aliphatic heterocycles. The first kappa shape index (κ1) is 17.0. The molecule has 0 saturated heterocycles. The molecule has 25 heavy (non-hydrogen) atoms. The smallest absolute Gasteiger partial charge is 0.310 e. The first-order chi connectivity index (χ1) is 12.1. The van der Waals surface area contributed by atoms with E-state index in [0.717, 1.165) is 11.1 Å². The summed E-state index contributed by atoms with van der Waals surface area (Å²) in [7, 11) is 1.30. The van der Waals surface area contributed by atoms with Crippen LogP contribution in [-0.4, -0.2) is 24.2 Å². The molecular formula is C21H20O4. The number of hydrogen-bond donors (Lipinski definition) is 1. The zero-order valence-corrected chi connectivity index (χ0v) is 13.9. The van der Waals surface area contributed by atoms with Crippen molar-refractivity contribution in [3.05, 3.63) is 83.9 Å². The molecule has 0 unspecified atom stereocenters. The van der Waals surface area contributed by atoms with Gasteiger partial charge in [-0.1, -0.05) is 72.8 Å². The van der Waals surface area contributed by atoms with Crippen LogP contribution in [0.3, 0.4) is 0 Å². The molecule has 4 nitrogen and oxygen atoms in total. The Bertz CT molecular complexity index is 767. The molecule has 0 bridgehead atoms. The highest BCUT2D eigenvalue weighted by Gasteiger charge is 2.46. The minimum atomic E-state index is -0.991. The number of benzene rings is 2. The van der Waals surface area contributed by atoms with Gasteiger partial charge in [-0.25, -0.2) is 0 Å². The predicted octanol–water partition coefficient (Wildman–Crippen LogP) is 3.61. The van der Waals surface area contributed by atoms with Crippen molar-refractivity contribution in [1.82, 2.24) is 0 Å². The highest BCUT2D eigenvalue weighted by atomic mass is 16.5. The zero-order valence-electron chi connectivity index (χ0n) is 13.9. The number of rotatable bonds is 4. The van der Waals surface area contributed by atoms with Crippen molar-refractivity contribution in [2.75, 3.05) is 7.11 Å². The average Bonchev–Trinajstić information content (AvgIpc) is 2.67. The Morgan fingerprint density at radius 3 is 1.64 bits per heavy atom. The van der Waals surface area contributed by atoms with Crippen LogP contribution in [0.4, 0.5) is 0 Å². The van der Waals surface area contributed by atoms with Crippen LogP contribution in [0.1, 0.15) is 23.0 Å². The van der Waals surface area contributed by atoms with Crippen molar-refractivity contribution in [3.8, 4) is 0 Å². The molecule has 1 aliphatic carbocycles. The van der Waals surface area contributed by atoms with Crippen molar-refractivity contribution in [1.29, 1.82) is 0 Å². The maximum atomic E-state index is 12.5. The molecular weight excluding hydrogens is 316 g/mol. The van der Waals surface area contributed by atoms with Crippen LogP contribution in [0.25, 0.3) is 0 Å². The number of methoxy groups -OCH3 is 1. The number of hydrogen-bond acceptors (Lipinski definition) is 3. The number of carbonyl (C=O) groups is 2. The normalized spacial score (nSPS) is 25.3. The van der Waals surface area contributed by atoms with E-state index in [9.17, 15) is 14.7 Å². The second-order valence-electron chi connectivity index (χ2n) is 6.17. The maximum Gasteiger partial charge on any atom is 0.310 e. The van der Waals surface area contributed by atoms with E-state index in [1.807, 2.05) is 72.8 Å². The molecule has 1 N–H and O–H groups in total. The van der Waals surface area contributed by atoms with Crippen LogP contribution in [0.5, 0.6) is 0 Å². The van der Waals surface area contributed by atoms with Crippen LogP contribution in [0.2, 0.25) is 0 Å². The van der Waals surface area contributed by atoms with Gasteiger partial charge in [0.05, 0.1) is 18.9 Å². The van der Waals surface area contributed by atoms with Gasteiger partial charge < -0.3 is 9.84 Å². The summed E-state index contributed by atoms with van der Waals surface area (Å²) in [6.07, 6.45) is 3.85. The molecule has 0 spiro atoms. The monoisotopic (exact) mass is 336 g/mol. The summed E-state index contributed by atoms with van der Waals surface area (Å²) in [5.41, 5.74) is 1.79. The summed E-state index contributed by atoms with van der Waals surface area (Å²) in [5, 5.41) is 9.91. The van der Waals surface area contributed by atoms with E-state index in [4.69, 9.17) is 4.74 Å². The van der Waals surface area contributed by atoms with Gasteiger partial charge in [-0.15, -0.1) is 0 Å². The fourth-order valence-electron chi connectivity index (χ4n) is 3.65. The number of esters is 1. The molecule has 2 aromatic rings. The molecule has 0 aromatic heterocycles. The minimum Gasteiger partial charge on any atom is -0.481 e. The third-order valence-electron chi connectivity index (χ3n) is 4.81. The first-order valence-corrected chi connectivity index (χ1v) is 8.22. The lowest BCUT2D eigenvalue weighted by molar-refractivity contribution is -0.157. The summed E-state index contributed by atoms with van der Waals surface area (Å²) in [5.74, 6) is -3.84. The van der Waals surface area contributed by atoms with Gasteiger partial charge in [0.1, 0.15) is 0 Å². The van der Waals surface area contributed by atoms with E-state index >= 15 is 0 Å². The molecule has 4 atom stereocenters. The summed E-state index contributed by atoms with van der Waals surface area (Å²) in [4.78, 5) is 24.6. The fourth-order valence-corrected chi connectivity index (χ4v) is 3.65. The Morgan fingerprint density at radius 1 is 0.800 bits per heavy atom. The number of aliphatic carboxylic acids is 1. The van der Waals surface area contributed by atoms with Crippen LogP contribution in [-0.2, 0) is 14.3 Å². The lowest BCUT2D eigenvalue weighted by Gasteiger charge is -2.36. The predicted molar refractivity (Wildman–Crippen MR) is 94.1 cm³/mol. The molecule has 3 rings (SSSR count). The average molecular weight is 336 g/mol. The molecule has 2 aromatic carbocycles. The molecule has 128 valence electrons. The zero-order chi connectivity index (χ0) is 17.8. The quantitative estimate of drug-likeness (QED) is 0.684. The van der Waals surface area contributed by atoms with Crippen molar-refractivity contribution in [3.63, 3.8) is 0 Å². The van der Waals surface area contributed by atoms with Crippen LogP contribution < -0.4 is 0 Å². The molecule has 0 fully saturated rings. The van der Waals surface area contributed by atoms with Gasteiger partial charge >= 0.3 is 11.9 Å². The second-order valence-corrected chi connectivity index (χ2v) is 6.17. The molecule has 4 heteroatoms. The van der Waals surface area contributed by atoms with E-state index in [1.165, 1.54) is 7.11 Å². The van der Waals surface area contributed by atoms with Crippen molar-refractivity contribution in [2.45, 2.75) is 11.8 Å².